The van der Waals surface area contributed by atoms with Crippen molar-refractivity contribution in [3.63, 3.8) is 0 Å². The topological polar surface area (TPSA) is 109 Å². The Hall–Kier alpha value is -3.23. The Morgan fingerprint density at radius 2 is 1.60 bits per heavy atom. The number of carbonyl (C=O) groups excluding carboxylic acids is 2. The third-order valence-electron chi connectivity index (χ3n) is 8.77. The van der Waals surface area contributed by atoms with Crippen molar-refractivity contribution in [2.75, 3.05) is 45.1 Å². The summed E-state index contributed by atoms with van der Waals surface area (Å²) in [7, 11) is 1.83. The molecule has 1 spiro atoms. The van der Waals surface area contributed by atoms with Gasteiger partial charge in [-0.2, -0.15) is 0 Å². The molecule has 0 bridgehead atoms. The number of likely N-dealkylation sites (tertiary alicyclic amines) is 1. The first-order chi connectivity index (χ1) is 20.9. The molecule has 2 aromatic rings. The normalized spacial score (nSPS) is 19.7. The van der Waals surface area contributed by atoms with Gasteiger partial charge in [0.1, 0.15) is 0 Å². The average Bonchev–Trinajstić information content (AvgIpc) is 3.57. The van der Waals surface area contributed by atoms with Crippen LogP contribution < -0.4 is 21.3 Å². The van der Waals surface area contributed by atoms with Crippen LogP contribution in [0.2, 0.25) is 0 Å². The molecule has 8 heteroatoms. The van der Waals surface area contributed by atoms with Crippen LogP contribution in [0.5, 0.6) is 0 Å². The van der Waals surface area contributed by atoms with E-state index < -0.39 is 0 Å². The summed E-state index contributed by atoms with van der Waals surface area (Å²) in [4.78, 5) is 24.1. The van der Waals surface area contributed by atoms with Gasteiger partial charge in [-0.3, -0.25) is 9.59 Å². The molecular formula is C35H54N6O2. The summed E-state index contributed by atoms with van der Waals surface area (Å²) in [5, 5.41) is 19.8. The predicted molar refractivity (Wildman–Crippen MR) is 178 cm³/mol. The van der Waals surface area contributed by atoms with Crippen LogP contribution in [-0.4, -0.2) is 69.2 Å². The molecule has 3 saturated heterocycles. The van der Waals surface area contributed by atoms with E-state index in [0.29, 0.717) is 12.0 Å². The number of aryl methyl sites for hydroxylation is 2. The van der Waals surface area contributed by atoms with Crippen molar-refractivity contribution in [2.24, 2.45) is 5.41 Å². The second-order valence-corrected chi connectivity index (χ2v) is 12.3. The van der Waals surface area contributed by atoms with Crippen molar-refractivity contribution in [1.82, 2.24) is 20.9 Å². The van der Waals surface area contributed by atoms with Crippen LogP contribution in [0.1, 0.15) is 80.0 Å². The Labute approximate surface area is 259 Å². The Morgan fingerprint density at radius 3 is 2.05 bits per heavy atom. The van der Waals surface area contributed by atoms with Gasteiger partial charge in [-0.05, 0) is 108 Å². The first kappa shape index (κ1) is 34.3. The number of hydrogen-bond donors (Lipinski definition) is 5. The lowest BCUT2D eigenvalue weighted by molar-refractivity contribution is -0.123. The number of piperidine rings is 2. The van der Waals surface area contributed by atoms with Crippen LogP contribution in [0.3, 0.4) is 0 Å². The maximum atomic E-state index is 11.9. The Bertz CT molecular complexity index is 1080. The Morgan fingerprint density at radius 1 is 0.953 bits per heavy atom. The smallest absolute Gasteiger partial charge is 0.237 e. The summed E-state index contributed by atoms with van der Waals surface area (Å²) < 4.78 is 0. The maximum Gasteiger partial charge on any atom is 0.237 e. The molecule has 43 heavy (non-hydrogen) atoms. The summed E-state index contributed by atoms with van der Waals surface area (Å²) in [6.07, 6.45) is 13.8. The molecule has 5 N–H and O–H groups in total. The molecule has 3 heterocycles. The number of hydrogen-bond acceptors (Lipinski definition) is 6. The zero-order chi connectivity index (χ0) is 30.9. The quantitative estimate of drug-likeness (QED) is 0.235. The van der Waals surface area contributed by atoms with Gasteiger partial charge in [0.15, 0.2) is 0 Å². The van der Waals surface area contributed by atoms with Crippen molar-refractivity contribution < 1.29 is 9.59 Å². The lowest BCUT2D eigenvalue weighted by Gasteiger charge is -2.28. The van der Waals surface area contributed by atoms with E-state index in [0.717, 1.165) is 55.7 Å². The maximum absolute atomic E-state index is 11.9. The Kier molecular flexibility index (Phi) is 14.7. The number of nitrogens with one attached hydrogen (secondary N) is 5. The van der Waals surface area contributed by atoms with Crippen LogP contribution in [-0.2, 0) is 16.1 Å². The summed E-state index contributed by atoms with van der Waals surface area (Å²) >= 11 is 0. The fourth-order valence-electron chi connectivity index (χ4n) is 5.51. The van der Waals surface area contributed by atoms with Crippen LogP contribution in [0.25, 0.3) is 0 Å². The number of rotatable bonds is 6. The molecule has 1 unspecified atom stereocenters. The van der Waals surface area contributed by atoms with Crippen LogP contribution in [0, 0.1) is 24.7 Å². The second-order valence-electron chi connectivity index (χ2n) is 12.3. The fraction of sp³-hybridized carbons (Fsp3) is 0.571. The van der Waals surface area contributed by atoms with Gasteiger partial charge in [0.25, 0.3) is 0 Å². The third-order valence-corrected chi connectivity index (χ3v) is 8.77. The van der Waals surface area contributed by atoms with E-state index in [1.165, 1.54) is 75.4 Å². The molecule has 2 amide bonds. The summed E-state index contributed by atoms with van der Waals surface area (Å²) in [6.45, 7) is 10.1. The number of amides is 2. The van der Waals surface area contributed by atoms with Crippen LogP contribution in [0.15, 0.2) is 42.5 Å². The molecule has 4 aliphatic rings. The molecule has 1 aliphatic carbocycles. The summed E-state index contributed by atoms with van der Waals surface area (Å²) in [5.41, 5.74) is 6.12. The lowest BCUT2D eigenvalue weighted by Crippen LogP contribution is -2.40. The number of carbonyl (C=O) groups is 2. The van der Waals surface area contributed by atoms with Gasteiger partial charge in [0.05, 0.1) is 6.04 Å². The molecule has 3 aliphatic heterocycles. The highest BCUT2D eigenvalue weighted by Crippen LogP contribution is 2.53. The van der Waals surface area contributed by atoms with Crippen molar-refractivity contribution in [3.8, 4) is 0 Å². The molecule has 1 atom stereocenters. The second kappa shape index (κ2) is 18.4. The van der Waals surface area contributed by atoms with Gasteiger partial charge in [-0.1, -0.05) is 47.9 Å². The minimum atomic E-state index is -0.0428. The van der Waals surface area contributed by atoms with Gasteiger partial charge >= 0.3 is 0 Å². The fourth-order valence-corrected chi connectivity index (χ4v) is 5.51. The molecule has 2 aromatic carbocycles. The molecule has 8 nitrogen and oxygen atoms in total. The highest BCUT2D eigenvalue weighted by Gasteiger charge is 2.44. The van der Waals surface area contributed by atoms with Gasteiger partial charge in [0, 0.05) is 44.1 Å². The van der Waals surface area contributed by atoms with Gasteiger partial charge in [0.2, 0.25) is 12.3 Å². The summed E-state index contributed by atoms with van der Waals surface area (Å²) in [5.74, 6) is 0.0617. The minimum Gasteiger partial charge on any atom is -0.388 e. The van der Waals surface area contributed by atoms with E-state index in [1.807, 2.05) is 30.1 Å². The third kappa shape index (κ3) is 12.5. The van der Waals surface area contributed by atoms with E-state index in [1.54, 1.807) is 0 Å². The van der Waals surface area contributed by atoms with Crippen molar-refractivity contribution in [2.45, 2.75) is 84.2 Å². The average molecular weight is 591 g/mol. The van der Waals surface area contributed by atoms with E-state index in [9.17, 15) is 9.59 Å². The molecule has 1 saturated carbocycles. The van der Waals surface area contributed by atoms with Crippen molar-refractivity contribution in [1.29, 1.82) is 5.41 Å². The lowest BCUT2D eigenvalue weighted by atomic mass is 9.94. The SMILES string of the molecule is C1CCNCC1.CNc1ccc(CNC(=O)C2CCCN2)cc1C=N.Cc1ccc(C)cc1.O=CN1CCC2(CC1)CC2. The van der Waals surface area contributed by atoms with Gasteiger partial charge in [-0.25, -0.2) is 0 Å². The minimum absolute atomic E-state index is 0.0428. The van der Waals surface area contributed by atoms with E-state index in [4.69, 9.17) is 5.41 Å². The first-order valence-corrected chi connectivity index (χ1v) is 16.1. The highest BCUT2D eigenvalue weighted by atomic mass is 16.2. The summed E-state index contributed by atoms with van der Waals surface area (Å²) in [6, 6.07) is 14.2. The van der Waals surface area contributed by atoms with Gasteiger partial charge < -0.3 is 31.6 Å². The number of benzene rings is 2. The van der Waals surface area contributed by atoms with E-state index >= 15 is 0 Å². The highest BCUT2D eigenvalue weighted by molar-refractivity contribution is 5.86. The molecule has 6 rings (SSSR count). The molecule has 4 fully saturated rings. The van der Waals surface area contributed by atoms with Gasteiger partial charge in [-0.15, -0.1) is 0 Å². The van der Waals surface area contributed by atoms with Crippen LogP contribution in [0.4, 0.5) is 5.69 Å². The molecular weight excluding hydrogens is 536 g/mol. The number of nitrogens with zero attached hydrogens (tertiary/aromatic N) is 1. The monoisotopic (exact) mass is 590 g/mol. The molecule has 0 aromatic heterocycles. The molecule has 0 radical (unpaired) electrons. The number of anilines is 1. The van der Waals surface area contributed by atoms with Crippen LogP contribution >= 0.6 is 0 Å². The predicted octanol–water partition coefficient (Wildman–Crippen LogP) is 5.18. The molecule has 236 valence electrons. The standard InChI is InChI=1S/C14H20N4O.C8H13NO.C8H10.C5H11N/c1-16-12-5-4-10(7-11(12)8-15)9-18-14(19)13-3-2-6-17-13;10-7-9-5-3-8(1-2-8)4-6-9;1-7-3-5-8(2)6-4-7;1-2-4-6-5-3-1/h4-5,7-8,13,15-17H,2-3,6,9H2,1H3,(H,18,19);7H,1-6H2;3-6H,1-2H3;6H,1-5H2. The largest absolute Gasteiger partial charge is 0.388 e. The Balaban J connectivity index is 0.000000175. The first-order valence-electron chi connectivity index (χ1n) is 16.1. The van der Waals surface area contributed by atoms with Crippen molar-refractivity contribution in [3.05, 3.63) is 64.7 Å². The van der Waals surface area contributed by atoms with Crippen molar-refractivity contribution >= 4 is 24.2 Å². The van der Waals surface area contributed by atoms with E-state index in [-0.39, 0.29) is 11.9 Å². The van der Waals surface area contributed by atoms with E-state index in [2.05, 4.69) is 59.4 Å². The zero-order valence-electron chi connectivity index (χ0n) is 26.6. The zero-order valence-corrected chi connectivity index (χ0v) is 26.6.